The third-order valence-corrected chi connectivity index (χ3v) is 8.80. The summed E-state index contributed by atoms with van der Waals surface area (Å²) < 4.78 is 0. The fourth-order valence-corrected chi connectivity index (χ4v) is 7.06. The number of carboxylic acids is 1. The fraction of sp³-hybridized carbons (Fsp3) is 0.586. The minimum atomic E-state index is -1.03. The molecule has 3 aliphatic heterocycles. The molecule has 1 aromatic heterocycles. The number of amides is 2. The number of aromatic amines is 1. The number of piperazine rings is 1. The summed E-state index contributed by atoms with van der Waals surface area (Å²) in [7, 11) is 2.17. The van der Waals surface area contributed by atoms with Crippen LogP contribution in [0, 0.1) is 5.92 Å². The second kappa shape index (κ2) is 9.80. The predicted molar refractivity (Wildman–Crippen MR) is 146 cm³/mol. The van der Waals surface area contributed by atoms with Crippen molar-refractivity contribution in [3.8, 4) is 0 Å². The molecule has 37 heavy (non-hydrogen) atoms. The van der Waals surface area contributed by atoms with Crippen LogP contribution in [0.4, 0.5) is 4.79 Å². The van der Waals surface area contributed by atoms with E-state index < -0.39 is 11.4 Å². The van der Waals surface area contributed by atoms with E-state index in [1.54, 1.807) is 11.1 Å². The van der Waals surface area contributed by atoms with E-state index in [1.165, 1.54) is 0 Å². The number of aliphatic carboxylic acids is 1. The van der Waals surface area contributed by atoms with Gasteiger partial charge in [0.2, 0.25) is 0 Å². The van der Waals surface area contributed by atoms with Crippen molar-refractivity contribution in [1.82, 2.24) is 24.6 Å². The van der Waals surface area contributed by atoms with E-state index in [9.17, 15) is 14.7 Å². The summed E-state index contributed by atoms with van der Waals surface area (Å²) in [5, 5.41) is 11.3. The Morgan fingerprint density at radius 1 is 1.03 bits per heavy atom. The smallest absolute Gasteiger partial charge is 0.339 e. The van der Waals surface area contributed by atoms with E-state index in [4.69, 9.17) is 0 Å². The fourth-order valence-electron chi connectivity index (χ4n) is 7.06. The van der Waals surface area contributed by atoms with Crippen molar-refractivity contribution in [2.75, 3.05) is 46.3 Å². The molecule has 4 heterocycles. The zero-order chi connectivity index (χ0) is 26.5. The molecule has 3 aliphatic rings. The second-order valence-corrected chi connectivity index (χ2v) is 11.9. The monoisotopic (exact) mass is 507 g/mol. The van der Waals surface area contributed by atoms with Crippen molar-refractivity contribution in [2.45, 2.75) is 58.0 Å². The van der Waals surface area contributed by atoms with Crippen LogP contribution in [-0.4, -0.2) is 100 Å². The van der Waals surface area contributed by atoms with Gasteiger partial charge in [0.15, 0.2) is 0 Å². The first-order valence-electron chi connectivity index (χ1n) is 13.7. The van der Waals surface area contributed by atoms with E-state index in [1.807, 2.05) is 29.2 Å². The van der Waals surface area contributed by atoms with Crippen molar-refractivity contribution >= 4 is 28.5 Å². The quantitative estimate of drug-likeness (QED) is 0.655. The Kier molecular flexibility index (Phi) is 6.83. The molecule has 5 rings (SSSR count). The molecule has 8 nitrogen and oxygen atoms in total. The average molecular weight is 508 g/mol. The van der Waals surface area contributed by atoms with Crippen LogP contribution in [0.5, 0.6) is 0 Å². The number of para-hydroxylation sites is 1. The molecule has 1 unspecified atom stereocenters. The van der Waals surface area contributed by atoms with Crippen LogP contribution < -0.4 is 0 Å². The summed E-state index contributed by atoms with van der Waals surface area (Å²) in [6.45, 7) is 14.3. The first kappa shape index (κ1) is 25.8. The van der Waals surface area contributed by atoms with Crippen LogP contribution in [0.25, 0.3) is 16.5 Å². The minimum Gasteiger partial charge on any atom is -0.478 e. The number of aromatic nitrogens is 1. The standard InChI is InChI=1S/C29H41N5O3/c1-19(2)26-29(3,4)24-21-8-6-7-9-23(21)30-25(24)22(27(35)36)18-34(26)28(37)33-12-10-20(11-13-33)32-16-14-31(5)15-17-32/h6-9,18-20,26,30H,10-17H2,1-5H3,(H,35,36). The van der Waals surface area contributed by atoms with Crippen molar-refractivity contribution < 1.29 is 14.7 Å². The van der Waals surface area contributed by atoms with Crippen LogP contribution in [-0.2, 0) is 10.2 Å². The first-order chi connectivity index (χ1) is 17.6. The molecule has 2 aromatic rings. The number of carbonyl (C=O) groups is 2. The molecule has 0 aliphatic carbocycles. The minimum absolute atomic E-state index is 0.0863. The number of hydrogen-bond donors (Lipinski definition) is 2. The summed E-state index contributed by atoms with van der Waals surface area (Å²) >= 11 is 0. The Balaban J connectivity index is 1.47. The first-order valence-corrected chi connectivity index (χ1v) is 13.7. The number of piperidine rings is 1. The molecular formula is C29H41N5O3. The third-order valence-electron chi connectivity index (χ3n) is 8.80. The maximum Gasteiger partial charge on any atom is 0.339 e. The molecule has 0 spiro atoms. The number of hydrogen-bond acceptors (Lipinski definition) is 4. The van der Waals surface area contributed by atoms with Crippen LogP contribution in [0.15, 0.2) is 30.5 Å². The highest BCUT2D eigenvalue weighted by atomic mass is 16.4. The van der Waals surface area contributed by atoms with Gasteiger partial charge >= 0.3 is 12.0 Å². The van der Waals surface area contributed by atoms with Crippen LogP contribution in [0.1, 0.15) is 51.8 Å². The summed E-state index contributed by atoms with van der Waals surface area (Å²) in [5.41, 5.74) is 2.15. The number of carbonyl (C=O) groups excluding carboxylic acids is 1. The topological polar surface area (TPSA) is 83.1 Å². The molecule has 2 saturated heterocycles. The van der Waals surface area contributed by atoms with E-state index in [-0.39, 0.29) is 23.6 Å². The summed E-state index contributed by atoms with van der Waals surface area (Å²) in [4.78, 5) is 38.7. The Labute approximate surface area is 219 Å². The van der Waals surface area contributed by atoms with Gasteiger partial charge in [0.25, 0.3) is 0 Å². The van der Waals surface area contributed by atoms with Gasteiger partial charge in [-0.3, -0.25) is 9.80 Å². The van der Waals surface area contributed by atoms with Gasteiger partial charge in [-0.15, -0.1) is 0 Å². The highest BCUT2D eigenvalue weighted by Crippen LogP contribution is 2.45. The number of H-pyrrole nitrogens is 1. The highest BCUT2D eigenvalue weighted by Gasteiger charge is 2.46. The molecule has 200 valence electrons. The van der Waals surface area contributed by atoms with Crippen molar-refractivity contribution in [1.29, 1.82) is 0 Å². The number of likely N-dealkylation sites (tertiary alicyclic amines) is 1. The number of likely N-dealkylation sites (N-methyl/N-ethyl adjacent to an activating group) is 1. The van der Waals surface area contributed by atoms with E-state index in [0.29, 0.717) is 24.8 Å². The molecule has 0 bridgehead atoms. The normalized spacial score (nSPS) is 23.7. The van der Waals surface area contributed by atoms with E-state index >= 15 is 0 Å². The lowest BCUT2D eigenvalue weighted by Gasteiger charge is -2.46. The van der Waals surface area contributed by atoms with E-state index in [0.717, 1.165) is 55.5 Å². The van der Waals surface area contributed by atoms with Crippen LogP contribution >= 0.6 is 0 Å². The molecular weight excluding hydrogens is 466 g/mol. The molecule has 2 amide bonds. The molecule has 2 fully saturated rings. The number of benzene rings is 1. The molecule has 2 N–H and O–H groups in total. The number of fused-ring (bicyclic) bond motifs is 3. The van der Waals surface area contributed by atoms with Crippen molar-refractivity contribution in [2.24, 2.45) is 5.92 Å². The Bertz CT molecular complexity index is 1200. The lowest BCUT2D eigenvalue weighted by molar-refractivity contribution is -0.130. The maximum atomic E-state index is 14.1. The van der Waals surface area contributed by atoms with Gasteiger partial charge in [0.05, 0.1) is 11.3 Å². The number of rotatable bonds is 3. The van der Waals surface area contributed by atoms with Crippen molar-refractivity contribution in [3.63, 3.8) is 0 Å². The second-order valence-electron chi connectivity index (χ2n) is 11.9. The molecule has 8 heteroatoms. The van der Waals surface area contributed by atoms with Gasteiger partial charge in [0.1, 0.15) is 0 Å². The molecule has 0 saturated carbocycles. The van der Waals surface area contributed by atoms with Gasteiger partial charge in [-0.1, -0.05) is 45.9 Å². The van der Waals surface area contributed by atoms with Gasteiger partial charge in [-0.05, 0) is 37.4 Å². The Hall–Kier alpha value is -2.84. The maximum absolute atomic E-state index is 14.1. The predicted octanol–water partition coefficient (Wildman–Crippen LogP) is 4.04. The zero-order valence-corrected chi connectivity index (χ0v) is 22.8. The third kappa shape index (κ3) is 4.55. The van der Waals surface area contributed by atoms with Gasteiger partial charge in [0, 0.05) is 73.9 Å². The Morgan fingerprint density at radius 3 is 2.30 bits per heavy atom. The lowest BCUT2D eigenvalue weighted by atomic mass is 9.72. The molecule has 1 atom stereocenters. The SMILES string of the molecule is CC(C)C1N(C(=O)N2CCC(N3CCN(C)CC3)CC2)C=C(C(=O)O)c2[nH]c3ccccc3c2C1(C)C. The number of urea groups is 1. The van der Waals surface area contributed by atoms with Gasteiger partial charge in [-0.2, -0.15) is 0 Å². The molecule has 1 aromatic carbocycles. The average Bonchev–Trinajstić information content (AvgIpc) is 3.21. The van der Waals surface area contributed by atoms with Crippen molar-refractivity contribution in [3.05, 3.63) is 41.7 Å². The van der Waals surface area contributed by atoms with Crippen LogP contribution in [0.2, 0.25) is 0 Å². The van der Waals surface area contributed by atoms with E-state index in [2.05, 4.69) is 49.5 Å². The molecule has 0 radical (unpaired) electrons. The summed E-state index contributed by atoms with van der Waals surface area (Å²) in [6, 6.07) is 8.19. The zero-order valence-electron chi connectivity index (χ0n) is 22.8. The summed E-state index contributed by atoms with van der Waals surface area (Å²) in [5.74, 6) is -0.910. The number of carboxylic acid groups (broad SMARTS) is 1. The number of nitrogens with one attached hydrogen (secondary N) is 1. The lowest BCUT2D eigenvalue weighted by Crippen LogP contribution is -2.57. The largest absolute Gasteiger partial charge is 0.478 e. The van der Waals surface area contributed by atoms with Gasteiger partial charge in [-0.25, -0.2) is 9.59 Å². The van der Waals surface area contributed by atoms with Crippen LogP contribution in [0.3, 0.4) is 0 Å². The highest BCUT2D eigenvalue weighted by molar-refractivity contribution is 6.17. The van der Waals surface area contributed by atoms with Gasteiger partial charge < -0.3 is 19.9 Å². The Morgan fingerprint density at radius 2 is 1.68 bits per heavy atom. The summed E-state index contributed by atoms with van der Waals surface area (Å²) in [6.07, 6.45) is 3.52. The number of nitrogens with zero attached hydrogens (tertiary/aromatic N) is 4.